The van der Waals surface area contributed by atoms with Gasteiger partial charge in [-0.2, -0.15) is 0 Å². The van der Waals surface area contributed by atoms with Gasteiger partial charge in [0.25, 0.3) is 5.91 Å². The molecule has 158 valence electrons. The molecule has 0 spiro atoms. The van der Waals surface area contributed by atoms with Crippen LogP contribution in [-0.4, -0.2) is 54.9 Å². The smallest absolute Gasteiger partial charge is 0.254 e. The maximum atomic E-state index is 13.6. The van der Waals surface area contributed by atoms with Gasteiger partial charge in [-0.25, -0.2) is 0 Å². The van der Waals surface area contributed by atoms with Crippen LogP contribution in [0.15, 0.2) is 53.0 Å². The summed E-state index contributed by atoms with van der Waals surface area (Å²) in [5, 5.41) is 0. The number of hydrogen-bond donors (Lipinski definition) is 0. The highest BCUT2D eigenvalue weighted by molar-refractivity contribution is 9.10. The number of nitrogens with zero attached hydrogens (tertiary/aromatic N) is 2. The molecule has 2 aromatic carbocycles. The summed E-state index contributed by atoms with van der Waals surface area (Å²) in [5.74, 6) is 0.882. The van der Waals surface area contributed by atoms with Crippen molar-refractivity contribution in [1.82, 2.24) is 9.80 Å². The standard InChI is InChI=1S/C24H27BrN2O3/c1-30-21-6-4-5-18(17-21)22(28)26-13-15-27(16-14-26)23(29)24(11-2-3-12-24)19-7-9-20(25)10-8-19/h4-10,17H,2-3,11-16H2,1H3. The van der Waals surface area contributed by atoms with Crippen molar-refractivity contribution in [2.45, 2.75) is 31.1 Å². The molecule has 0 aromatic heterocycles. The first kappa shape index (κ1) is 20.9. The number of carbonyl (C=O) groups is 2. The first-order valence-corrected chi connectivity index (χ1v) is 11.3. The SMILES string of the molecule is COc1cccc(C(=O)N2CCN(C(=O)C3(c4ccc(Br)cc4)CCCC3)CC2)c1. The van der Waals surface area contributed by atoms with Gasteiger partial charge in [-0.15, -0.1) is 0 Å². The summed E-state index contributed by atoms with van der Waals surface area (Å²) in [5.41, 5.74) is 1.32. The predicted octanol–water partition coefficient (Wildman–Crippen LogP) is 4.25. The van der Waals surface area contributed by atoms with Gasteiger partial charge in [-0.1, -0.05) is 47.0 Å². The van der Waals surface area contributed by atoms with Gasteiger partial charge in [0.2, 0.25) is 5.91 Å². The minimum atomic E-state index is -0.417. The van der Waals surface area contributed by atoms with E-state index < -0.39 is 5.41 Å². The summed E-state index contributed by atoms with van der Waals surface area (Å²) in [6, 6.07) is 15.4. The third-order valence-corrected chi connectivity index (χ3v) is 6.96. The number of ether oxygens (including phenoxy) is 1. The van der Waals surface area contributed by atoms with Crippen molar-refractivity contribution in [2.24, 2.45) is 0 Å². The molecule has 0 radical (unpaired) electrons. The predicted molar refractivity (Wildman–Crippen MR) is 120 cm³/mol. The highest BCUT2D eigenvalue weighted by Gasteiger charge is 2.45. The van der Waals surface area contributed by atoms with E-state index in [-0.39, 0.29) is 11.8 Å². The lowest BCUT2D eigenvalue weighted by Gasteiger charge is -2.40. The van der Waals surface area contributed by atoms with Crippen LogP contribution < -0.4 is 4.74 Å². The van der Waals surface area contributed by atoms with E-state index in [1.807, 2.05) is 40.1 Å². The molecule has 0 bridgehead atoms. The van der Waals surface area contributed by atoms with Gasteiger partial charge in [0.1, 0.15) is 5.75 Å². The molecule has 2 amide bonds. The Morgan fingerprint density at radius 3 is 2.20 bits per heavy atom. The second-order valence-electron chi connectivity index (χ2n) is 8.11. The Bertz CT molecular complexity index is 914. The Hall–Kier alpha value is -2.34. The second kappa shape index (κ2) is 8.80. The number of amides is 2. The van der Waals surface area contributed by atoms with E-state index in [1.165, 1.54) is 0 Å². The van der Waals surface area contributed by atoms with Gasteiger partial charge >= 0.3 is 0 Å². The van der Waals surface area contributed by atoms with Crippen LogP contribution in [0, 0.1) is 0 Å². The quantitative estimate of drug-likeness (QED) is 0.670. The third kappa shape index (κ3) is 3.97. The van der Waals surface area contributed by atoms with E-state index in [0.717, 1.165) is 35.7 Å². The molecular weight excluding hydrogens is 444 g/mol. The first-order valence-electron chi connectivity index (χ1n) is 10.5. The molecule has 6 heteroatoms. The van der Waals surface area contributed by atoms with Crippen LogP contribution in [0.2, 0.25) is 0 Å². The average Bonchev–Trinajstić information content (AvgIpc) is 3.30. The number of benzene rings is 2. The van der Waals surface area contributed by atoms with Crippen molar-refractivity contribution >= 4 is 27.7 Å². The summed E-state index contributed by atoms with van der Waals surface area (Å²) >= 11 is 3.49. The molecule has 0 unspecified atom stereocenters. The lowest BCUT2D eigenvalue weighted by atomic mass is 9.77. The molecule has 1 aliphatic carbocycles. The van der Waals surface area contributed by atoms with Crippen LogP contribution in [0.25, 0.3) is 0 Å². The number of piperazine rings is 1. The number of hydrogen-bond acceptors (Lipinski definition) is 3. The van der Waals surface area contributed by atoms with Crippen LogP contribution in [0.3, 0.4) is 0 Å². The fourth-order valence-electron chi connectivity index (χ4n) is 4.73. The summed E-state index contributed by atoms with van der Waals surface area (Å²) in [6.45, 7) is 2.26. The molecule has 4 rings (SSSR count). The molecule has 2 aromatic rings. The van der Waals surface area contributed by atoms with Crippen molar-refractivity contribution in [2.75, 3.05) is 33.3 Å². The Kier molecular flexibility index (Phi) is 6.14. The van der Waals surface area contributed by atoms with E-state index in [0.29, 0.717) is 37.5 Å². The minimum absolute atomic E-state index is 0.00973. The number of carbonyl (C=O) groups excluding carboxylic acids is 2. The van der Waals surface area contributed by atoms with E-state index in [1.54, 1.807) is 13.2 Å². The summed E-state index contributed by atoms with van der Waals surface area (Å²) in [4.78, 5) is 30.3. The normalized spacial score (nSPS) is 18.3. The Morgan fingerprint density at radius 2 is 1.57 bits per heavy atom. The highest BCUT2D eigenvalue weighted by Crippen LogP contribution is 2.43. The van der Waals surface area contributed by atoms with Crippen molar-refractivity contribution < 1.29 is 14.3 Å². The fraction of sp³-hybridized carbons (Fsp3) is 0.417. The average molecular weight is 471 g/mol. The minimum Gasteiger partial charge on any atom is -0.497 e. The van der Waals surface area contributed by atoms with Crippen molar-refractivity contribution in [3.8, 4) is 5.75 Å². The molecule has 1 saturated carbocycles. The number of halogens is 1. The van der Waals surface area contributed by atoms with Gasteiger partial charge in [0.15, 0.2) is 0 Å². The van der Waals surface area contributed by atoms with Gasteiger partial charge in [-0.3, -0.25) is 9.59 Å². The van der Waals surface area contributed by atoms with Gasteiger partial charge in [0.05, 0.1) is 12.5 Å². The van der Waals surface area contributed by atoms with Gasteiger partial charge < -0.3 is 14.5 Å². The Morgan fingerprint density at radius 1 is 0.933 bits per heavy atom. The number of rotatable bonds is 4. The van der Waals surface area contributed by atoms with E-state index in [4.69, 9.17) is 4.74 Å². The zero-order valence-corrected chi connectivity index (χ0v) is 18.9. The zero-order chi connectivity index (χ0) is 21.1. The fourth-order valence-corrected chi connectivity index (χ4v) is 4.99. The maximum absolute atomic E-state index is 13.6. The van der Waals surface area contributed by atoms with Gasteiger partial charge in [-0.05, 0) is 48.7 Å². The molecule has 30 heavy (non-hydrogen) atoms. The van der Waals surface area contributed by atoms with Crippen LogP contribution in [0.4, 0.5) is 0 Å². The molecule has 1 heterocycles. The monoisotopic (exact) mass is 470 g/mol. The summed E-state index contributed by atoms with van der Waals surface area (Å²) < 4.78 is 6.26. The molecule has 1 saturated heterocycles. The molecule has 2 aliphatic rings. The van der Waals surface area contributed by atoms with E-state index in [9.17, 15) is 9.59 Å². The van der Waals surface area contributed by atoms with Crippen LogP contribution in [-0.2, 0) is 10.2 Å². The molecule has 0 atom stereocenters. The Balaban J connectivity index is 1.45. The lowest BCUT2D eigenvalue weighted by Crippen LogP contribution is -2.55. The Labute approximate surface area is 186 Å². The third-order valence-electron chi connectivity index (χ3n) is 6.43. The molecule has 5 nitrogen and oxygen atoms in total. The largest absolute Gasteiger partial charge is 0.497 e. The first-order chi connectivity index (χ1) is 14.5. The molecule has 1 aliphatic heterocycles. The molecular formula is C24H27BrN2O3. The molecule has 2 fully saturated rings. The van der Waals surface area contributed by atoms with Crippen molar-refractivity contribution in [1.29, 1.82) is 0 Å². The lowest BCUT2D eigenvalue weighted by molar-refractivity contribution is -0.138. The van der Waals surface area contributed by atoms with E-state index in [2.05, 4.69) is 28.1 Å². The van der Waals surface area contributed by atoms with Crippen LogP contribution >= 0.6 is 15.9 Å². The van der Waals surface area contributed by atoms with Crippen molar-refractivity contribution in [3.63, 3.8) is 0 Å². The topological polar surface area (TPSA) is 49.9 Å². The summed E-state index contributed by atoms with van der Waals surface area (Å²) in [7, 11) is 1.60. The van der Waals surface area contributed by atoms with E-state index >= 15 is 0 Å². The number of methoxy groups -OCH3 is 1. The molecule has 0 N–H and O–H groups in total. The van der Waals surface area contributed by atoms with Crippen LogP contribution in [0.1, 0.15) is 41.6 Å². The zero-order valence-electron chi connectivity index (χ0n) is 17.3. The maximum Gasteiger partial charge on any atom is 0.254 e. The second-order valence-corrected chi connectivity index (χ2v) is 9.03. The summed E-state index contributed by atoms with van der Waals surface area (Å²) in [6.07, 6.45) is 3.96. The van der Waals surface area contributed by atoms with Crippen LogP contribution in [0.5, 0.6) is 5.75 Å². The van der Waals surface area contributed by atoms with Gasteiger partial charge in [0, 0.05) is 36.2 Å². The highest BCUT2D eigenvalue weighted by atomic mass is 79.9. The van der Waals surface area contributed by atoms with Crippen molar-refractivity contribution in [3.05, 3.63) is 64.1 Å².